The molecule has 7 heteroatoms. The number of esters is 1. The lowest BCUT2D eigenvalue weighted by Crippen LogP contribution is -2.45. The second-order valence-corrected chi connectivity index (χ2v) is 8.61. The van der Waals surface area contributed by atoms with Crippen molar-refractivity contribution >= 4 is 23.6 Å². The van der Waals surface area contributed by atoms with E-state index in [1.165, 1.54) is 0 Å². The van der Waals surface area contributed by atoms with Crippen LogP contribution in [0.2, 0.25) is 0 Å². The number of carbonyl (C=O) groups excluding carboxylic acids is 3. The van der Waals surface area contributed by atoms with Crippen LogP contribution in [-0.4, -0.2) is 60.5 Å². The number of piperidine rings is 1. The fraction of sp³-hybridized carbons (Fsp3) is 0.609. The molecule has 1 saturated carbocycles. The summed E-state index contributed by atoms with van der Waals surface area (Å²) in [6.45, 7) is 2.92. The van der Waals surface area contributed by atoms with Gasteiger partial charge in [0.1, 0.15) is 0 Å². The molecule has 2 aliphatic rings. The van der Waals surface area contributed by atoms with Gasteiger partial charge in [0.15, 0.2) is 6.61 Å². The van der Waals surface area contributed by atoms with Crippen LogP contribution in [0.5, 0.6) is 0 Å². The molecule has 1 N–H and O–H groups in total. The maximum absolute atomic E-state index is 12.5. The summed E-state index contributed by atoms with van der Waals surface area (Å²) in [5, 5.41) is 2.85. The van der Waals surface area contributed by atoms with Crippen molar-refractivity contribution in [3.63, 3.8) is 0 Å². The second-order valence-electron chi connectivity index (χ2n) is 8.61. The highest BCUT2D eigenvalue weighted by Crippen LogP contribution is 2.26. The summed E-state index contributed by atoms with van der Waals surface area (Å²) in [7, 11) is 1.80. The third-order valence-corrected chi connectivity index (χ3v) is 6.33. The number of likely N-dealkylation sites (tertiary alicyclic amines) is 1. The van der Waals surface area contributed by atoms with Crippen LogP contribution in [0.25, 0.3) is 0 Å². The van der Waals surface area contributed by atoms with Gasteiger partial charge in [-0.2, -0.15) is 0 Å². The summed E-state index contributed by atoms with van der Waals surface area (Å²) in [5.41, 5.74) is 0.720. The van der Waals surface area contributed by atoms with E-state index >= 15 is 0 Å². The predicted molar refractivity (Wildman–Crippen MR) is 115 cm³/mol. The van der Waals surface area contributed by atoms with Gasteiger partial charge in [0.2, 0.25) is 0 Å². The van der Waals surface area contributed by atoms with E-state index in [-0.39, 0.29) is 24.6 Å². The van der Waals surface area contributed by atoms with Gasteiger partial charge < -0.3 is 19.9 Å². The van der Waals surface area contributed by atoms with Gasteiger partial charge in [-0.15, -0.1) is 0 Å². The molecule has 0 spiro atoms. The Balaban J connectivity index is 1.44. The molecule has 30 heavy (non-hydrogen) atoms. The molecule has 1 aromatic rings. The van der Waals surface area contributed by atoms with E-state index in [4.69, 9.17) is 4.74 Å². The van der Waals surface area contributed by atoms with Crippen LogP contribution in [0.1, 0.15) is 45.4 Å². The molecule has 0 bridgehead atoms. The standard InChI is InChI=1S/C23H33N3O4/c1-17-10-12-20(13-11-17)25(2)21(27)16-30-22(28)18-7-6-14-26(15-18)23(29)24-19-8-4-3-5-9-19/h3-5,8-9,17-18,20H,6-7,10-16H2,1-2H3,(H,24,29). The van der Waals surface area contributed by atoms with Crippen molar-refractivity contribution in [1.29, 1.82) is 0 Å². The molecule has 1 aliphatic carbocycles. The molecule has 1 saturated heterocycles. The number of para-hydroxylation sites is 1. The van der Waals surface area contributed by atoms with Crippen molar-refractivity contribution < 1.29 is 19.1 Å². The van der Waals surface area contributed by atoms with Gasteiger partial charge in [0, 0.05) is 31.9 Å². The topological polar surface area (TPSA) is 79.0 Å². The Kier molecular flexibility index (Phi) is 7.71. The summed E-state index contributed by atoms with van der Waals surface area (Å²) < 4.78 is 5.33. The smallest absolute Gasteiger partial charge is 0.321 e. The van der Waals surface area contributed by atoms with E-state index in [1.54, 1.807) is 16.8 Å². The number of anilines is 1. The first-order chi connectivity index (χ1) is 14.4. The zero-order valence-electron chi connectivity index (χ0n) is 18.0. The number of likely N-dealkylation sites (N-methyl/N-ethyl adjacent to an activating group) is 1. The minimum atomic E-state index is -0.397. The number of hydrogen-bond acceptors (Lipinski definition) is 4. The van der Waals surface area contributed by atoms with Crippen molar-refractivity contribution in [2.24, 2.45) is 11.8 Å². The minimum Gasteiger partial charge on any atom is -0.455 e. The summed E-state index contributed by atoms with van der Waals surface area (Å²) in [6.07, 6.45) is 5.67. The number of hydrogen-bond donors (Lipinski definition) is 1. The van der Waals surface area contributed by atoms with Crippen LogP contribution in [0.4, 0.5) is 10.5 Å². The number of nitrogens with one attached hydrogen (secondary N) is 1. The summed E-state index contributed by atoms with van der Waals surface area (Å²) in [5.74, 6) is -0.228. The Morgan fingerprint density at radius 1 is 1.10 bits per heavy atom. The number of rotatable bonds is 5. The first kappa shape index (κ1) is 22.1. The number of nitrogens with zero attached hydrogens (tertiary/aromatic N) is 2. The summed E-state index contributed by atoms with van der Waals surface area (Å²) in [6, 6.07) is 9.25. The van der Waals surface area contributed by atoms with Crippen LogP contribution in [0.15, 0.2) is 30.3 Å². The van der Waals surface area contributed by atoms with Crippen LogP contribution in [-0.2, 0) is 14.3 Å². The number of carbonyl (C=O) groups is 3. The Morgan fingerprint density at radius 3 is 2.50 bits per heavy atom. The number of benzene rings is 1. The second kappa shape index (κ2) is 10.5. The van der Waals surface area contributed by atoms with Crippen molar-refractivity contribution in [3.05, 3.63) is 30.3 Å². The lowest BCUT2D eigenvalue weighted by molar-refractivity contribution is -0.157. The number of urea groups is 1. The van der Waals surface area contributed by atoms with Gasteiger partial charge >= 0.3 is 12.0 Å². The van der Waals surface area contributed by atoms with Crippen LogP contribution < -0.4 is 5.32 Å². The Bertz CT molecular complexity index is 731. The molecule has 1 aliphatic heterocycles. The first-order valence-corrected chi connectivity index (χ1v) is 11.0. The molecule has 1 aromatic carbocycles. The number of amides is 3. The van der Waals surface area contributed by atoms with Crippen LogP contribution in [0, 0.1) is 11.8 Å². The maximum Gasteiger partial charge on any atom is 0.321 e. The van der Waals surface area contributed by atoms with Gasteiger partial charge in [-0.1, -0.05) is 25.1 Å². The predicted octanol–water partition coefficient (Wildman–Crippen LogP) is 3.51. The van der Waals surface area contributed by atoms with E-state index in [9.17, 15) is 14.4 Å². The molecular weight excluding hydrogens is 382 g/mol. The molecule has 164 valence electrons. The Morgan fingerprint density at radius 2 is 1.80 bits per heavy atom. The SMILES string of the molecule is CC1CCC(N(C)C(=O)COC(=O)C2CCCN(C(=O)Nc3ccccc3)C2)CC1. The largest absolute Gasteiger partial charge is 0.455 e. The lowest BCUT2D eigenvalue weighted by Gasteiger charge is -2.34. The zero-order chi connectivity index (χ0) is 21.5. The van der Waals surface area contributed by atoms with Crippen LogP contribution in [0.3, 0.4) is 0 Å². The van der Waals surface area contributed by atoms with Crippen LogP contribution >= 0.6 is 0 Å². The maximum atomic E-state index is 12.5. The van der Waals surface area contributed by atoms with E-state index in [1.807, 2.05) is 30.3 Å². The molecule has 3 rings (SSSR count). The van der Waals surface area contributed by atoms with Gasteiger partial charge in [-0.3, -0.25) is 9.59 Å². The molecule has 1 heterocycles. The van der Waals surface area contributed by atoms with Crippen molar-refractivity contribution in [3.8, 4) is 0 Å². The van der Waals surface area contributed by atoms with Gasteiger partial charge in [-0.25, -0.2) is 4.79 Å². The van der Waals surface area contributed by atoms with E-state index in [2.05, 4.69) is 12.2 Å². The molecule has 1 atom stereocenters. The quantitative estimate of drug-likeness (QED) is 0.747. The molecule has 0 radical (unpaired) electrons. The average molecular weight is 416 g/mol. The van der Waals surface area contributed by atoms with Crippen molar-refractivity contribution in [1.82, 2.24) is 9.80 Å². The third kappa shape index (κ3) is 5.97. The highest BCUT2D eigenvalue weighted by atomic mass is 16.5. The average Bonchev–Trinajstić information content (AvgIpc) is 2.78. The fourth-order valence-electron chi connectivity index (χ4n) is 4.26. The monoisotopic (exact) mass is 415 g/mol. The summed E-state index contributed by atoms with van der Waals surface area (Å²) in [4.78, 5) is 40.8. The molecule has 0 aromatic heterocycles. The fourth-order valence-corrected chi connectivity index (χ4v) is 4.26. The van der Waals surface area contributed by atoms with E-state index < -0.39 is 11.9 Å². The highest BCUT2D eigenvalue weighted by molar-refractivity contribution is 5.90. The molecular formula is C23H33N3O4. The third-order valence-electron chi connectivity index (χ3n) is 6.33. The molecule has 2 fully saturated rings. The van der Waals surface area contributed by atoms with E-state index in [0.29, 0.717) is 19.5 Å². The highest BCUT2D eigenvalue weighted by Gasteiger charge is 2.31. The minimum absolute atomic E-state index is 0.155. The molecule has 7 nitrogen and oxygen atoms in total. The number of ether oxygens (including phenoxy) is 1. The normalized spacial score (nSPS) is 24.1. The van der Waals surface area contributed by atoms with Gasteiger partial charge in [-0.05, 0) is 56.6 Å². The van der Waals surface area contributed by atoms with Crippen molar-refractivity contribution in [2.45, 2.75) is 51.5 Å². The lowest BCUT2D eigenvalue weighted by atomic mass is 9.87. The molecule has 3 amide bonds. The zero-order valence-corrected chi connectivity index (χ0v) is 18.0. The summed E-state index contributed by atoms with van der Waals surface area (Å²) >= 11 is 0. The van der Waals surface area contributed by atoms with Crippen molar-refractivity contribution in [2.75, 3.05) is 32.1 Å². The Hall–Kier alpha value is -2.57. The van der Waals surface area contributed by atoms with Gasteiger partial charge in [0.25, 0.3) is 5.91 Å². The molecule has 1 unspecified atom stereocenters. The Labute approximate surface area is 178 Å². The first-order valence-electron chi connectivity index (χ1n) is 11.0. The van der Waals surface area contributed by atoms with E-state index in [0.717, 1.165) is 43.7 Å². The van der Waals surface area contributed by atoms with Gasteiger partial charge in [0.05, 0.1) is 5.92 Å².